The van der Waals surface area contributed by atoms with Crippen LogP contribution in [0.2, 0.25) is 21.1 Å². The molecule has 0 aliphatic rings. The van der Waals surface area contributed by atoms with Crippen LogP contribution >= 0.6 is 46.4 Å². The number of azo groups is 2. The Balaban J connectivity index is 0.000000229. The van der Waals surface area contributed by atoms with Crippen molar-refractivity contribution >= 4 is 146 Å². The van der Waals surface area contributed by atoms with Crippen molar-refractivity contribution in [1.82, 2.24) is 19.9 Å². The molecule has 2 aromatic heterocycles. The molecule has 0 unspecified atom stereocenters. The van der Waals surface area contributed by atoms with Gasteiger partial charge in [0.25, 0.3) is 20.2 Å². The predicted molar refractivity (Wildman–Crippen MR) is 248 cm³/mol. The number of fused-ring (bicyclic) bond motifs is 2. The van der Waals surface area contributed by atoms with E-state index in [1.807, 2.05) is 0 Å². The molecular weight excluding hydrogens is 1100 g/mol. The number of carboxylic acid groups (broad SMARTS) is 2. The van der Waals surface area contributed by atoms with Crippen molar-refractivity contribution in [3.8, 4) is 11.5 Å². The smallest absolute Gasteiger partial charge is 0.505 e. The number of aromatic nitrogens is 6. The summed E-state index contributed by atoms with van der Waals surface area (Å²) >= 11 is 23.2. The van der Waals surface area contributed by atoms with Crippen LogP contribution in [0.25, 0.3) is 21.5 Å². The van der Waals surface area contributed by atoms with Crippen molar-refractivity contribution in [2.45, 2.75) is 9.79 Å². The van der Waals surface area contributed by atoms with E-state index in [2.05, 4.69) is 55.7 Å². The van der Waals surface area contributed by atoms with Gasteiger partial charge in [0, 0.05) is 69.2 Å². The predicted octanol–water partition coefficient (Wildman–Crippen LogP) is 7.90. The van der Waals surface area contributed by atoms with Gasteiger partial charge in [-0.25, -0.2) is 9.59 Å². The standard InChI is InChI=1S/2C20H12Cl2N6O6S.Cr/c2*21-18-24-19(22)26-20(25-18)23-10-5-6-11-9(7-10)8-14(35(32,33)34)15(16(11)29)28-27-13-4-2-1-3-12(13)17(30)31;/h2*1-8,29H,(H,30,31)(H,32,33,34)(H,23,24,25,26);/p+3. The SMILES string of the molecule is O=C(O)c1ccccc1N=Nc1c(S(=O)(=O)O)cc2cc(Nc3nc(Cl)nc(Cl)n3)ccc2c1O.O=C(O)c1ccccc1N=Nc1c(S(=O)(=O)O)cc2cc([NH2+]c3nc(Cl)[nH+]c(Cl)[nH+]3)ccc2c1O.[Cr]. The molecule has 31 heteroatoms. The van der Waals surface area contributed by atoms with E-state index in [4.69, 9.17) is 46.4 Å². The number of rotatable bonds is 12. The second kappa shape index (κ2) is 21.9. The summed E-state index contributed by atoms with van der Waals surface area (Å²) in [5, 5.41) is 60.2. The first-order valence-electron chi connectivity index (χ1n) is 18.9. The molecule has 0 radical (unpaired) electrons. The molecule has 6 aromatic carbocycles. The third kappa shape index (κ3) is 12.8. The van der Waals surface area contributed by atoms with Crippen molar-refractivity contribution in [3.05, 3.63) is 129 Å². The Morgan fingerprint density at radius 3 is 1.56 bits per heavy atom. The summed E-state index contributed by atoms with van der Waals surface area (Å²) in [4.78, 5) is 42.0. The number of phenolic OH excluding ortho intramolecular Hbond substituents is 2. The number of nitrogens with two attached hydrogens (primary N) is 1. The van der Waals surface area contributed by atoms with Crippen LogP contribution < -0.4 is 20.6 Å². The third-order valence-electron chi connectivity index (χ3n) is 9.28. The Labute approximate surface area is 428 Å². The Morgan fingerprint density at radius 2 is 1.08 bits per heavy atom. The van der Waals surface area contributed by atoms with E-state index in [1.165, 1.54) is 78.9 Å². The maximum absolute atomic E-state index is 12.1. The van der Waals surface area contributed by atoms with Crippen molar-refractivity contribution in [3.63, 3.8) is 0 Å². The molecule has 8 rings (SSSR count). The monoisotopic (exact) mass is 1120 g/mol. The van der Waals surface area contributed by atoms with Gasteiger partial charge in [-0.3, -0.25) is 9.11 Å². The van der Waals surface area contributed by atoms with Crippen LogP contribution in [0.4, 0.5) is 46.0 Å². The average molecular weight is 1130 g/mol. The van der Waals surface area contributed by atoms with Gasteiger partial charge in [-0.05, 0) is 94.6 Å². The van der Waals surface area contributed by atoms with Gasteiger partial charge < -0.3 is 25.7 Å². The maximum Gasteiger partial charge on any atom is 0.569 e. The number of aromatic hydroxyl groups is 2. The Kier molecular flexibility index (Phi) is 16.4. The number of anilines is 2. The Hall–Kier alpha value is -7.13. The van der Waals surface area contributed by atoms with E-state index >= 15 is 0 Å². The normalized spacial score (nSPS) is 11.6. The quantitative estimate of drug-likeness (QED) is 0.0327. The van der Waals surface area contributed by atoms with Crippen molar-refractivity contribution in [1.29, 1.82) is 0 Å². The number of aromatic amines is 2. The molecule has 0 bridgehead atoms. The fraction of sp³-hybridized carbons (Fsp3) is 0. The van der Waals surface area contributed by atoms with Gasteiger partial charge in [0.2, 0.25) is 16.5 Å². The molecule has 0 saturated carbocycles. The number of carboxylic acids is 2. The van der Waals surface area contributed by atoms with Gasteiger partial charge in [0.05, 0.1) is 11.1 Å². The number of aromatic carboxylic acids is 2. The fourth-order valence-electron chi connectivity index (χ4n) is 6.30. The molecule has 8 aromatic rings. The Morgan fingerprint density at radius 1 is 0.606 bits per heavy atom. The first-order valence-corrected chi connectivity index (χ1v) is 23.3. The zero-order valence-electron chi connectivity index (χ0n) is 34.8. The van der Waals surface area contributed by atoms with Gasteiger partial charge in [-0.1, -0.05) is 24.3 Å². The number of nitrogens with zero attached hydrogens (tertiary/aromatic N) is 8. The minimum absolute atomic E-state index is 0. The Bertz CT molecular complexity index is 3470. The van der Waals surface area contributed by atoms with E-state index < -0.39 is 64.8 Å². The number of quaternary nitrogens is 1. The molecule has 0 saturated heterocycles. The number of hydrogen-bond acceptors (Lipinski definition) is 17. The fourth-order valence-corrected chi connectivity index (χ4v) is 8.40. The van der Waals surface area contributed by atoms with E-state index in [1.54, 1.807) is 11.4 Å². The van der Waals surface area contributed by atoms with E-state index in [0.29, 0.717) is 17.3 Å². The molecular formula is C40H27Cl4CrN12O12S2+3. The summed E-state index contributed by atoms with van der Waals surface area (Å²) in [7, 11) is -9.74. The molecule has 2 heterocycles. The first-order chi connectivity index (χ1) is 33.0. The molecule has 0 aliphatic carbocycles. The summed E-state index contributed by atoms with van der Waals surface area (Å²) in [6.45, 7) is 0. The molecule has 0 amide bonds. The molecule has 0 atom stereocenters. The van der Waals surface area contributed by atoms with Gasteiger partial charge in [-0.2, -0.15) is 37.1 Å². The van der Waals surface area contributed by atoms with Gasteiger partial charge in [-0.15, -0.1) is 30.4 Å². The molecule has 0 fully saturated rings. The van der Waals surface area contributed by atoms with Crippen LogP contribution in [-0.2, 0) is 37.6 Å². The molecule has 0 spiro atoms. The second-order valence-electron chi connectivity index (χ2n) is 13.9. The molecule has 0 aliphatic heterocycles. The van der Waals surface area contributed by atoms with E-state index in [-0.39, 0.29) is 88.5 Å². The summed E-state index contributed by atoms with van der Waals surface area (Å²) in [5.74, 6) is -3.44. The topological polar surface area (TPSA) is 382 Å². The number of phenols is 2. The van der Waals surface area contributed by atoms with Gasteiger partial charge >= 0.3 is 28.5 Å². The minimum atomic E-state index is -4.88. The second-order valence-corrected chi connectivity index (χ2v) is 18.1. The van der Waals surface area contributed by atoms with Crippen LogP contribution in [0.15, 0.2) is 127 Å². The zero-order chi connectivity index (χ0) is 50.7. The largest absolute Gasteiger partial charge is 0.569 e. The van der Waals surface area contributed by atoms with Crippen molar-refractivity contribution in [2.75, 3.05) is 5.32 Å². The van der Waals surface area contributed by atoms with Crippen LogP contribution in [-0.4, -0.2) is 78.2 Å². The molecule has 24 nitrogen and oxygen atoms in total. The van der Waals surface area contributed by atoms with Crippen molar-refractivity contribution < 1.29 is 88.6 Å². The minimum Gasteiger partial charge on any atom is -0.505 e. The van der Waals surface area contributed by atoms with Gasteiger partial charge in [0.1, 0.15) is 43.2 Å². The average Bonchev–Trinajstić information content (AvgIpc) is 3.27. The third-order valence-corrected chi connectivity index (χ3v) is 11.7. The van der Waals surface area contributed by atoms with Crippen LogP contribution in [0.5, 0.6) is 11.5 Å². The molecule has 71 heavy (non-hydrogen) atoms. The summed E-state index contributed by atoms with van der Waals surface area (Å²) < 4.78 is 67.8. The molecule has 362 valence electrons. The summed E-state index contributed by atoms with van der Waals surface area (Å²) in [5.41, 5.74) is -0.775. The first kappa shape index (κ1) is 53.2. The maximum atomic E-state index is 12.1. The summed E-state index contributed by atoms with van der Waals surface area (Å²) in [6, 6.07) is 22.4. The van der Waals surface area contributed by atoms with Crippen LogP contribution in [0.1, 0.15) is 20.7 Å². The van der Waals surface area contributed by atoms with E-state index in [0.717, 1.165) is 12.1 Å². The number of benzene rings is 6. The number of nitrogens with one attached hydrogen (secondary N) is 3. The number of halogens is 4. The molecule has 11 N–H and O–H groups in total. The number of hydrogen-bond donors (Lipinski definition) is 8. The van der Waals surface area contributed by atoms with Crippen molar-refractivity contribution in [2.24, 2.45) is 20.5 Å². The number of carbonyl (C=O) groups is 2. The van der Waals surface area contributed by atoms with E-state index in [9.17, 15) is 56.0 Å². The van der Waals surface area contributed by atoms with Gasteiger partial charge in [0.15, 0.2) is 11.5 Å². The summed E-state index contributed by atoms with van der Waals surface area (Å²) in [6.07, 6.45) is 0. The zero-order valence-corrected chi connectivity index (χ0v) is 40.7. The number of H-pyrrole nitrogens is 2. The van der Waals surface area contributed by atoms with Crippen LogP contribution in [0, 0.1) is 0 Å². The van der Waals surface area contributed by atoms with Crippen LogP contribution in [0.3, 0.4) is 0 Å².